The molecule has 2 aromatic carbocycles. The van der Waals surface area contributed by atoms with Crippen molar-refractivity contribution in [3.05, 3.63) is 89.5 Å². The molecule has 2 aromatic rings. The van der Waals surface area contributed by atoms with Crippen LogP contribution in [0.3, 0.4) is 0 Å². The van der Waals surface area contributed by atoms with Gasteiger partial charge in [-0.05, 0) is 75.0 Å². The van der Waals surface area contributed by atoms with Crippen molar-refractivity contribution in [3.8, 4) is 0 Å². The number of allylic oxidation sites excluding steroid dienone is 1. The van der Waals surface area contributed by atoms with E-state index in [9.17, 15) is 0 Å². The molecule has 1 aliphatic rings. The molecule has 1 aliphatic heterocycles. The number of hydrogen-bond donors (Lipinski definition) is 1. The van der Waals surface area contributed by atoms with Gasteiger partial charge in [0.05, 0.1) is 5.70 Å². The highest BCUT2D eigenvalue weighted by atomic mass is 15.2. The van der Waals surface area contributed by atoms with Gasteiger partial charge in [-0.25, -0.2) is 0 Å². The number of likely N-dealkylation sites (tertiary alicyclic amines) is 1. The third-order valence-electron chi connectivity index (χ3n) is 7.96. The Hall–Kier alpha value is -2.49. The normalized spacial score (nSPS) is 16.4. The SMILES string of the molecule is C=C(CC)C(C=N/C(=C/CN1CCCCC1c1ccccc1)c1ccc(CCC)cc1)C(CC)CC.CCC.CNC. The first-order chi connectivity index (χ1) is 20.4. The largest absolute Gasteiger partial charge is 0.323 e. The van der Waals surface area contributed by atoms with Gasteiger partial charge in [0.15, 0.2) is 0 Å². The van der Waals surface area contributed by atoms with Gasteiger partial charge in [0.25, 0.3) is 0 Å². The van der Waals surface area contributed by atoms with Crippen molar-refractivity contribution < 1.29 is 0 Å². The maximum Gasteiger partial charge on any atom is 0.0671 e. The lowest BCUT2D eigenvalue weighted by Gasteiger charge is -2.35. The molecule has 2 atom stereocenters. The molecule has 0 bridgehead atoms. The Bertz CT molecular complexity index is 1000. The Kier molecular flexibility index (Phi) is 20.6. The maximum atomic E-state index is 5.19. The average Bonchev–Trinajstić information content (AvgIpc) is 3.02. The van der Waals surface area contributed by atoms with E-state index in [1.165, 1.54) is 54.4 Å². The summed E-state index contributed by atoms with van der Waals surface area (Å²) in [5.41, 5.74) is 6.44. The molecule has 1 saturated heterocycles. The van der Waals surface area contributed by atoms with Crippen molar-refractivity contribution in [2.75, 3.05) is 27.2 Å². The van der Waals surface area contributed by atoms with E-state index in [0.717, 1.165) is 44.5 Å². The number of aliphatic imine (C=N–C) groups is 1. The third kappa shape index (κ3) is 13.2. The van der Waals surface area contributed by atoms with Gasteiger partial charge in [-0.1, -0.05) is 140 Å². The lowest BCUT2D eigenvalue weighted by molar-refractivity contribution is 0.166. The molecule has 3 nitrogen and oxygen atoms in total. The van der Waals surface area contributed by atoms with Crippen LogP contribution < -0.4 is 5.32 Å². The van der Waals surface area contributed by atoms with E-state index in [4.69, 9.17) is 4.99 Å². The molecule has 0 radical (unpaired) electrons. The molecule has 3 rings (SSSR count). The summed E-state index contributed by atoms with van der Waals surface area (Å²) in [6.45, 7) is 19.8. The zero-order valence-electron chi connectivity index (χ0n) is 28.5. The number of aryl methyl sites for hydroxylation is 1. The molecule has 0 spiro atoms. The fourth-order valence-electron chi connectivity index (χ4n) is 5.60. The highest BCUT2D eigenvalue weighted by Gasteiger charge is 2.23. The zero-order chi connectivity index (χ0) is 31.2. The minimum absolute atomic E-state index is 0.333. The standard InChI is InChI=1S/C34H48N2.C3H8.C2H7N/c1-6-15-28-19-21-30(22-20-28)33(35-26-32(27(5)7-2)29(8-3)9-4)23-25-36-24-14-13-18-34(36)31-16-11-10-12-17-31;2*1-3-2/h10-12,16-17,19-23,26,29,32,34H,5-9,13-15,18,24-25H2,1-4H3;3H2,1-2H3;3H,1-2H3/b33-23+,35-26?;;. The molecular formula is C39H63N3. The first-order valence-corrected chi connectivity index (χ1v) is 16.8. The van der Waals surface area contributed by atoms with Crippen molar-refractivity contribution in [2.45, 2.75) is 105 Å². The van der Waals surface area contributed by atoms with Gasteiger partial charge >= 0.3 is 0 Å². The Balaban J connectivity index is 0.00000135. The van der Waals surface area contributed by atoms with Gasteiger partial charge in [-0.2, -0.15) is 0 Å². The van der Waals surface area contributed by atoms with Crippen molar-refractivity contribution in [3.63, 3.8) is 0 Å². The Morgan fingerprint density at radius 1 is 0.952 bits per heavy atom. The smallest absolute Gasteiger partial charge is 0.0671 e. The number of piperidine rings is 1. The minimum Gasteiger partial charge on any atom is -0.323 e. The van der Waals surface area contributed by atoms with E-state index < -0.39 is 0 Å². The van der Waals surface area contributed by atoms with E-state index in [2.05, 4.69) is 125 Å². The van der Waals surface area contributed by atoms with Crippen LogP contribution in [-0.2, 0) is 6.42 Å². The van der Waals surface area contributed by atoms with Gasteiger partial charge in [0.2, 0.25) is 0 Å². The van der Waals surface area contributed by atoms with Crippen LogP contribution in [0.5, 0.6) is 0 Å². The van der Waals surface area contributed by atoms with Crippen molar-refractivity contribution in [1.82, 2.24) is 10.2 Å². The summed E-state index contributed by atoms with van der Waals surface area (Å²) in [7, 11) is 3.75. The quantitative estimate of drug-likeness (QED) is 0.191. The van der Waals surface area contributed by atoms with E-state index in [1.54, 1.807) is 0 Å². The van der Waals surface area contributed by atoms with E-state index in [1.807, 2.05) is 14.1 Å². The van der Waals surface area contributed by atoms with Crippen LogP contribution in [0.1, 0.15) is 116 Å². The maximum absolute atomic E-state index is 5.19. The molecule has 0 amide bonds. The lowest BCUT2D eigenvalue weighted by atomic mass is 9.83. The topological polar surface area (TPSA) is 27.6 Å². The Morgan fingerprint density at radius 3 is 2.12 bits per heavy atom. The molecule has 0 aromatic heterocycles. The molecule has 0 saturated carbocycles. The zero-order valence-corrected chi connectivity index (χ0v) is 28.5. The van der Waals surface area contributed by atoms with Crippen LogP contribution in [0.2, 0.25) is 0 Å². The van der Waals surface area contributed by atoms with Crippen LogP contribution in [0.25, 0.3) is 5.70 Å². The van der Waals surface area contributed by atoms with Gasteiger partial charge in [-0.3, -0.25) is 9.89 Å². The molecule has 3 heteroatoms. The van der Waals surface area contributed by atoms with Crippen molar-refractivity contribution >= 4 is 11.9 Å². The van der Waals surface area contributed by atoms with Gasteiger partial charge in [0.1, 0.15) is 0 Å². The van der Waals surface area contributed by atoms with Crippen LogP contribution >= 0.6 is 0 Å². The fraction of sp³-hybridized carbons (Fsp3) is 0.564. The second-order valence-electron chi connectivity index (χ2n) is 11.6. The number of benzene rings is 2. The molecule has 2 unspecified atom stereocenters. The molecular weight excluding hydrogens is 510 g/mol. The van der Waals surface area contributed by atoms with Crippen LogP contribution in [0, 0.1) is 11.8 Å². The monoisotopic (exact) mass is 574 g/mol. The van der Waals surface area contributed by atoms with Gasteiger partial charge < -0.3 is 5.32 Å². The summed E-state index contributed by atoms with van der Waals surface area (Å²) >= 11 is 0. The second kappa shape index (κ2) is 23.0. The molecule has 1 N–H and O–H groups in total. The predicted octanol–water partition coefficient (Wildman–Crippen LogP) is 10.5. The van der Waals surface area contributed by atoms with E-state index in [-0.39, 0.29) is 0 Å². The summed E-state index contributed by atoms with van der Waals surface area (Å²) in [4.78, 5) is 7.83. The molecule has 1 heterocycles. The Morgan fingerprint density at radius 2 is 1.57 bits per heavy atom. The molecule has 1 fully saturated rings. The number of hydrogen-bond acceptors (Lipinski definition) is 3. The van der Waals surface area contributed by atoms with Gasteiger partial charge in [0, 0.05) is 24.7 Å². The molecule has 234 valence electrons. The first kappa shape index (κ1) is 37.5. The van der Waals surface area contributed by atoms with Gasteiger partial charge in [-0.15, -0.1) is 0 Å². The summed E-state index contributed by atoms with van der Waals surface area (Å²) in [6.07, 6.45) is 15.3. The summed E-state index contributed by atoms with van der Waals surface area (Å²) in [6, 6.07) is 20.6. The highest BCUT2D eigenvalue weighted by Crippen LogP contribution is 2.31. The number of nitrogens with zero attached hydrogens (tertiary/aromatic N) is 2. The first-order valence-electron chi connectivity index (χ1n) is 16.8. The third-order valence-corrected chi connectivity index (χ3v) is 7.96. The summed E-state index contributed by atoms with van der Waals surface area (Å²) in [5, 5.41) is 2.75. The predicted molar refractivity (Wildman–Crippen MR) is 189 cm³/mol. The van der Waals surface area contributed by atoms with E-state index >= 15 is 0 Å². The number of rotatable bonds is 13. The van der Waals surface area contributed by atoms with Crippen molar-refractivity contribution in [1.29, 1.82) is 0 Å². The highest BCUT2D eigenvalue weighted by molar-refractivity contribution is 5.77. The lowest BCUT2D eigenvalue weighted by Crippen LogP contribution is -2.33. The van der Waals surface area contributed by atoms with Crippen LogP contribution in [0.4, 0.5) is 0 Å². The summed E-state index contributed by atoms with van der Waals surface area (Å²) in [5.74, 6) is 0.929. The second-order valence-corrected chi connectivity index (χ2v) is 11.6. The fourth-order valence-corrected chi connectivity index (χ4v) is 5.60. The van der Waals surface area contributed by atoms with Crippen LogP contribution in [-0.4, -0.2) is 38.3 Å². The Labute approximate surface area is 260 Å². The summed E-state index contributed by atoms with van der Waals surface area (Å²) < 4.78 is 0. The number of nitrogens with one attached hydrogen (secondary N) is 1. The molecule has 42 heavy (non-hydrogen) atoms. The average molecular weight is 574 g/mol. The van der Waals surface area contributed by atoms with Crippen molar-refractivity contribution in [2.24, 2.45) is 16.8 Å². The van der Waals surface area contributed by atoms with Crippen LogP contribution in [0.15, 0.2) is 77.8 Å². The van der Waals surface area contributed by atoms with E-state index in [0.29, 0.717) is 17.9 Å². The minimum atomic E-state index is 0.333. The molecule has 0 aliphatic carbocycles.